The van der Waals surface area contributed by atoms with Crippen LogP contribution in [0.1, 0.15) is 11.1 Å². The normalized spacial score (nSPS) is 10.9. The zero-order chi connectivity index (χ0) is 19.7. The van der Waals surface area contributed by atoms with Crippen molar-refractivity contribution < 1.29 is 9.18 Å². The molecule has 138 valence electrons. The standard InChI is InChI=1S/C21H15FN4OS/c1-13-9-20(28-12-19(27)24-15-6-4-5-14(22)10-15)26-18-8-3-2-7-17(18)25-21(26)16(13)11-23/h2-10H,12H2,1H3,(H,24,27). The summed E-state index contributed by atoms with van der Waals surface area (Å²) in [6, 6.07) is 17.5. The Hall–Kier alpha value is -3.37. The molecule has 0 spiro atoms. The quantitative estimate of drug-likeness (QED) is 0.520. The maximum Gasteiger partial charge on any atom is 0.234 e. The van der Waals surface area contributed by atoms with Crippen LogP contribution in [0.15, 0.2) is 59.6 Å². The molecule has 2 aromatic carbocycles. The van der Waals surface area contributed by atoms with E-state index in [1.165, 1.54) is 23.9 Å². The van der Waals surface area contributed by atoms with Crippen LogP contribution in [-0.2, 0) is 4.79 Å². The number of para-hydroxylation sites is 2. The van der Waals surface area contributed by atoms with Crippen LogP contribution < -0.4 is 5.32 Å². The third-order valence-electron chi connectivity index (χ3n) is 4.31. The maximum atomic E-state index is 13.3. The molecule has 0 atom stereocenters. The summed E-state index contributed by atoms with van der Waals surface area (Å²) >= 11 is 1.34. The molecule has 4 aromatic rings. The Kier molecular flexibility index (Phi) is 4.72. The van der Waals surface area contributed by atoms with Gasteiger partial charge in [-0.2, -0.15) is 5.26 Å². The number of hydrogen-bond acceptors (Lipinski definition) is 4. The minimum Gasteiger partial charge on any atom is -0.325 e. The van der Waals surface area contributed by atoms with Crippen LogP contribution in [0.4, 0.5) is 10.1 Å². The summed E-state index contributed by atoms with van der Waals surface area (Å²) in [5.74, 6) is -0.501. The third-order valence-corrected chi connectivity index (χ3v) is 5.31. The summed E-state index contributed by atoms with van der Waals surface area (Å²) in [7, 11) is 0. The zero-order valence-electron chi connectivity index (χ0n) is 14.9. The smallest absolute Gasteiger partial charge is 0.234 e. The molecule has 0 fully saturated rings. The monoisotopic (exact) mass is 390 g/mol. The molecule has 28 heavy (non-hydrogen) atoms. The van der Waals surface area contributed by atoms with Gasteiger partial charge in [0.05, 0.1) is 27.4 Å². The lowest BCUT2D eigenvalue weighted by atomic mass is 10.2. The number of halogens is 1. The molecule has 0 aliphatic rings. The van der Waals surface area contributed by atoms with Gasteiger partial charge in [0.1, 0.15) is 11.9 Å². The lowest BCUT2D eigenvalue weighted by molar-refractivity contribution is -0.113. The number of aromatic nitrogens is 2. The molecule has 2 heterocycles. The molecule has 0 saturated heterocycles. The number of thioether (sulfide) groups is 1. The predicted molar refractivity (Wildman–Crippen MR) is 108 cm³/mol. The Labute approximate surface area is 164 Å². The molecule has 0 radical (unpaired) electrons. The molecule has 0 unspecified atom stereocenters. The topological polar surface area (TPSA) is 70.2 Å². The van der Waals surface area contributed by atoms with Gasteiger partial charge in [0.15, 0.2) is 5.65 Å². The van der Waals surface area contributed by atoms with Crippen molar-refractivity contribution in [1.29, 1.82) is 5.26 Å². The number of hydrogen-bond donors (Lipinski definition) is 1. The lowest BCUT2D eigenvalue weighted by Gasteiger charge is -2.10. The van der Waals surface area contributed by atoms with E-state index in [0.29, 0.717) is 16.9 Å². The van der Waals surface area contributed by atoms with Crippen LogP contribution in [0.3, 0.4) is 0 Å². The lowest BCUT2D eigenvalue weighted by Crippen LogP contribution is -2.14. The first-order chi connectivity index (χ1) is 13.6. The van der Waals surface area contributed by atoms with Crippen molar-refractivity contribution in [2.24, 2.45) is 0 Å². The van der Waals surface area contributed by atoms with Crippen LogP contribution in [0.5, 0.6) is 0 Å². The highest BCUT2D eigenvalue weighted by molar-refractivity contribution is 7.99. The second-order valence-electron chi connectivity index (χ2n) is 6.26. The van der Waals surface area contributed by atoms with Gasteiger partial charge in [0.2, 0.25) is 5.91 Å². The minimum atomic E-state index is -0.403. The Bertz CT molecular complexity index is 1260. The van der Waals surface area contributed by atoms with Gasteiger partial charge in [-0.15, -0.1) is 0 Å². The zero-order valence-corrected chi connectivity index (χ0v) is 15.8. The van der Waals surface area contributed by atoms with Gasteiger partial charge in [-0.3, -0.25) is 9.20 Å². The number of carbonyl (C=O) groups is 1. The first kappa shape index (κ1) is 18.0. The molecule has 5 nitrogen and oxygen atoms in total. The van der Waals surface area contributed by atoms with Crippen molar-refractivity contribution in [3.8, 4) is 6.07 Å². The highest BCUT2D eigenvalue weighted by Crippen LogP contribution is 2.29. The van der Waals surface area contributed by atoms with E-state index in [4.69, 9.17) is 0 Å². The average molecular weight is 390 g/mol. The molecular weight excluding hydrogens is 375 g/mol. The van der Waals surface area contributed by atoms with Gasteiger partial charge in [-0.1, -0.05) is 30.0 Å². The van der Waals surface area contributed by atoms with Crippen LogP contribution in [0, 0.1) is 24.1 Å². The number of rotatable bonds is 4. The Morgan fingerprint density at radius 1 is 1.25 bits per heavy atom. The summed E-state index contributed by atoms with van der Waals surface area (Å²) in [6.45, 7) is 1.86. The van der Waals surface area contributed by atoms with Crippen LogP contribution in [0.25, 0.3) is 16.7 Å². The Balaban J connectivity index is 1.67. The Morgan fingerprint density at radius 2 is 2.07 bits per heavy atom. The van der Waals surface area contributed by atoms with E-state index < -0.39 is 5.82 Å². The van der Waals surface area contributed by atoms with Crippen molar-refractivity contribution >= 4 is 40.0 Å². The number of aryl methyl sites for hydroxylation is 1. The first-order valence-corrected chi connectivity index (χ1v) is 9.54. The van der Waals surface area contributed by atoms with E-state index in [2.05, 4.69) is 16.4 Å². The summed E-state index contributed by atoms with van der Waals surface area (Å²) < 4.78 is 15.2. The van der Waals surface area contributed by atoms with Gasteiger partial charge in [-0.05, 0) is 48.9 Å². The van der Waals surface area contributed by atoms with E-state index >= 15 is 0 Å². The number of fused-ring (bicyclic) bond motifs is 3. The van der Waals surface area contributed by atoms with E-state index in [1.807, 2.05) is 41.7 Å². The number of amides is 1. The van der Waals surface area contributed by atoms with E-state index in [1.54, 1.807) is 12.1 Å². The van der Waals surface area contributed by atoms with Gasteiger partial charge < -0.3 is 5.32 Å². The highest BCUT2D eigenvalue weighted by atomic mass is 32.2. The molecular formula is C21H15FN4OS. The number of pyridine rings is 1. The van der Waals surface area contributed by atoms with Crippen molar-refractivity contribution in [3.63, 3.8) is 0 Å². The molecule has 0 aliphatic heterocycles. The van der Waals surface area contributed by atoms with E-state index in [9.17, 15) is 14.4 Å². The minimum absolute atomic E-state index is 0.142. The number of nitrogens with one attached hydrogen (secondary N) is 1. The second-order valence-corrected chi connectivity index (χ2v) is 7.25. The molecule has 1 amide bonds. The summed E-state index contributed by atoms with van der Waals surface area (Å²) in [5, 5.41) is 13.0. The summed E-state index contributed by atoms with van der Waals surface area (Å²) in [5.41, 5.74) is 3.98. The molecule has 1 N–H and O–H groups in total. The maximum absolute atomic E-state index is 13.3. The second kappa shape index (κ2) is 7.33. The molecule has 0 bridgehead atoms. The number of benzene rings is 2. The van der Waals surface area contributed by atoms with Gasteiger partial charge in [0, 0.05) is 5.69 Å². The van der Waals surface area contributed by atoms with Gasteiger partial charge in [0.25, 0.3) is 0 Å². The predicted octanol–water partition coefficient (Wildman–Crippen LogP) is 4.54. The third kappa shape index (κ3) is 3.30. The number of nitrogens with zero attached hydrogens (tertiary/aromatic N) is 3. The average Bonchev–Trinajstić information content (AvgIpc) is 3.05. The van der Waals surface area contributed by atoms with Crippen molar-refractivity contribution in [1.82, 2.24) is 9.38 Å². The number of imidazole rings is 1. The molecule has 2 aromatic heterocycles. The van der Waals surface area contributed by atoms with Gasteiger partial charge in [-0.25, -0.2) is 9.37 Å². The fraction of sp³-hybridized carbons (Fsp3) is 0.0952. The van der Waals surface area contributed by atoms with Gasteiger partial charge >= 0.3 is 0 Å². The largest absolute Gasteiger partial charge is 0.325 e. The number of anilines is 1. The first-order valence-electron chi connectivity index (χ1n) is 8.56. The number of carbonyl (C=O) groups excluding carboxylic acids is 1. The highest BCUT2D eigenvalue weighted by Gasteiger charge is 2.16. The van der Waals surface area contributed by atoms with Crippen LogP contribution >= 0.6 is 11.8 Å². The summed E-state index contributed by atoms with van der Waals surface area (Å²) in [6.07, 6.45) is 0. The fourth-order valence-corrected chi connectivity index (χ4v) is 3.99. The van der Waals surface area contributed by atoms with Crippen LogP contribution in [-0.4, -0.2) is 21.0 Å². The molecule has 0 aliphatic carbocycles. The molecule has 0 saturated carbocycles. The van der Waals surface area contributed by atoms with Crippen molar-refractivity contribution in [2.45, 2.75) is 11.9 Å². The van der Waals surface area contributed by atoms with Crippen molar-refractivity contribution in [3.05, 3.63) is 71.5 Å². The van der Waals surface area contributed by atoms with Crippen LogP contribution in [0.2, 0.25) is 0 Å². The molecule has 4 rings (SSSR count). The number of nitriles is 1. The summed E-state index contributed by atoms with van der Waals surface area (Å²) in [4.78, 5) is 16.9. The Morgan fingerprint density at radius 3 is 2.86 bits per heavy atom. The van der Waals surface area contributed by atoms with E-state index in [-0.39, 0.29) is 11.7 Å². The fourth-order valence-electron chi connectivity index (χ4n) is 3.06. The SMILES string of the molecule is Cc1cc(SCC(=O)Nc2cccc(F)c2)n2c(nc3ccccc32)c1C#N. The van der Waals surface area contributed by atoms with E-state index in [0.717, 1.165) is 21.6 Å². The molecule has 7 heteroatoms. The van der Waals surface area contributed by atoms with Crippen molar-refractivity contribution in [2.75, 3.05) is 11.1 Å².